The van der Waals surface area contributed by atoms with E-state index >= 15 is 0 Å². The number of allylic oxidation sites excluding steroid dienone is 1. The molecule has 0 aromatic heterocycles. The van der Waals surface area contributed by atoms with Crippen molar-refractivity contribution in [2.45, 2.75) is 50.7 Å². The van der Waals surface area contributed by atoms with Gasteiger partial charge in [0.25, 0.3) is 0 Å². The lowest BCUT2D eigenvalue weighted by Gasteiger charge is -2.57. The highest BCUT2D eigenvalue weighted by Gasteiger charge is 2.58. The Balaban J connectivity index is 1.78. The van der Waals surface area contributed by atoms with Crippen LogP contribution in [0.25, 0.3) is 0 Å². The van der Waals surface area contributed by atoms with E-state index in [0.717, 1.165) is 25.7 Å². The standard InChI is InChI=1S/C14H20O3/c1-2-3-12(15)17-13-11-5-9-4-10(6-11)8-14(13,16)7-9/h2-3,9-11,13,16H,4-8H2,1H3. The summed E-state index contributed by atoms with van der Waals surface area (Å²) in [7, 11) is 0. The summed E-state index contributed by atoms with van der Waals surface area (Å²) in [5.74, 6) is 1.40. The smallest absolute Gasteiger partial charge is 0.330 e. The fraction of sp³-hybridized carbons (Fsp3) is 0.786. The highest BCUT2D eigenvalue weighted by Crippen LogP contribution is 2.56. The van der Waals surface area contributed by atoms with Gasteiger partial charge in [0.2, 0.25) is 0 Å². The molecule has 3 heteroatoms. The van der Waals surface area contributed by atoms with Gasteiger partial charge in [-0.2, -0.15) is 0 Å². The molecule has 0 saturated heterocycles. The van der Waals surface area contributed by atoms with Gasteiger partial charge in [0.05, 0.1) is 0 Å². The van der Waals surface area contributed by atoms with Gasteiger partial charge in [-0.3, -0.25) is 0 Å². The molecule has 4 aliphatic rings. The molecule has 17 heavy (non-hydrogen) atoms. The largest absolute Gasteiger partial charge is 0.456 e. The minimum atomic E-state index is -0.730. The van der Waals surface area contributed by atoms with Crippen LogP contribution in [0.5, 0.6) is 0 Å². The molecule has 4 aliphatic carbocycles. The Labute approximate surface area is 102 Å². The van der Waals surface area contributed by atoms with Crippen molar-refractivity contribution in [2.24, 2.45) is 17.8 Å². The van der Waals surface area contributed by atoms with Crippen LogP contribution in [0.15, 0.2) is 12.2 Å². The minimum absolute atomic E-state index is 0.265. The van der Waals surface area contributed by atoms with Crippen LogP contribution in [0, 0.1) is 17.8 Å². The zero-order valence-corrected chi connectivity index (χ0v) is 10.3. The van der Waals surface area contributed by atoms with Gasteiger partial charge in [-0.25, -0.2) is 4.79 Å². The number of rotatable bonds is 2. The lowest BCUT2D eigenvalue weighted by atomic mass is 9.53. The second-order valence-electron chi connectivity index (χ2n) is 6.07. The third-order valence-electron chi connectivity index (χ3n) is 4.73. The second kappa shape index (κ2) is 3.84. The lowest BCUT2D eigenvalue weighted by molar-refractivity contribution is -0.219. The van der Waals surface area contributed by atoms with Crippen molar-refractivity contribution in [3.05, 3.63) is 12.2 Å². The van der Waals surface area contributed by atoms with Gasteiger partial charge in [-0.15, -0.1) is 0 Å². The molecule has 0 aliphatic heterocycles. The Morgan fingerprint density at radius 2 is 1.94 bits per heavy atom. The van der Waals surface area contributed by atoms with Crippen molar-refractivity contribution >= 4 is 5.97 Å². The van der Waals surface area contributed by atoms with E-state index < -0.39 is 5.60 Å². The molecule has 3 nitrogen and oxygen atoms in total. The van der Waals surface area contributed by atoms with Gasteiger partial charge in [0.1, 0.15) is 11.7 Å². The van der Waals surface area contributed by atoms with Crippen LogP contribution in [0.4, 0.5) is 0 Å². The molecule has 0 aromatic rings. The minimum Gasteiger partial charge on any atom is -0.456 e. The molecular weight excluding hydrogens is 216 g/mol. The molecule has 4 saturated carbocycles. The molecule has 4 bridgehead atoms. The molecule has 0 heterocycles. The molecular formula is C14H20O3. The van der Waals surface area contributed by atoms with Gasteiger partial charge in [-0.05, 0) is 56.8 Å². The summed E-state index contributed by atoms with van der Waals surface area (Å²) in [6.07, 6.45) is 8.05. The van der Waals surface area contributed by atoms with E-state index in [0.29, 0.717) is 17.8 Å². The molecule has 3 unspecified atom stereocenters. The van der Waals surface area contributed by atoms with E-state index in [1.165, 1.54) is 12.5 Å². The first-order chi connectivity index (χ1) is 8.10. The molecule has 3 atom stereocenters. The average Bonchev–Trinajstić information content (AvgIpc) is 2.22. The summed E-state index contributed by atoms with van der Waals surface area (Å²) in [5.41, 5.74) is -0.730. The quantitative estimate of drug-likeness (QED) is 0.589. The highest BCUT2D eigenvalue weighted by molar-refractivity contribution is 5.82. The Bertz CT molecular complexity index is 346. The van der Waals surface area contributed by atoms with Gasteiger partial charge in [0, 0.05) is 6.08 Å². The first kappa shape index (κ1) is 11.3. The fourth-order valence-electron chi connectivity index (χ4n) is 4.46. The van der Waals surface area contributed by atoms with Crippen LogP contribution in [0.3, 0.4) is 0 Å². The van der Waals surface area contributed by atoms with Crippen LogP contribution < -0.4 is 0 Å². The maximum Gasteiger partial charge on any atom is 0.330 e. The predicted octanol–water partition coefficient (Wildman–Crippen LogP) is 2.05. The number of hydrogen-bond acceptors (Lipinski definition) is 3. The molecule has 0 aromatic carbocycles. The number of ether oxygens (including phenoxy) is 1. The Morgan fingerprint density at radius 3 is 2.47 bits per heavy atom. The van der Waals surface area contributed by atoms with E-state index in [1.54, 1.807) is 13.0 Å². The molecule has 0 amide bonds. The van der Waals surface area contributed by atoms with Crippen LogP contribution >= 0.6 is 0 Å². The van der Waals surface area contributed by atoms with E-state index in [9.17, 15) is 9.90 Å². The molecule has 0 spiro atoms. The summed E-state index contributed by atoms with van der Waals surface area (Å²) in [5, 5.41) is 10.7. The fourth-order valence-corrected chi connectivity index (χ4v) is 4.46. The maximum absolute atomic E-state index is 11.6. The van der Waals surface area contributed by atoms with Crippen LogP contribution in [0.2, 0.25) is 0 Å². The number of carbonyl (C=O) groups is 1. The number of aliphatic hydroxyl groups is 1. The first-order valence-electron chi connectivity index (χ1n) is 6.66. The lowest BCUT2D eigenvalue weighted by Crippen LogP contribution is -2.61. The molecule has 4 fully saturated rings. The van der Waals surface area contributed by atoms with Crippen molar-refractivity contribution in [3.63, 3.8) is 0 Å². The summed E-state index contributed by atoms with van der Waals surface area (Å²) in [6.45, 7) is 1.80. The van der Waals surface area contributed by atoms with Gasteiger partial charge in [0.15, 0.2) is 0 Å². The SMILES string of the molecule is CC=CC(=O)OC1C2CC3CC(C2)CC1(O)C3. The van der Waals surface area contributed by atoms with Crippen LogP contribution in [-0.4, -0.2) is 22.8 Å². The van der Waals surface area contributed by atoms with Gasteiger partial charge >= 0.3 is 5.97 Å². The van der Waals surface area contributed by atoms with E-state index in [1.807, 2.05) is 0 Å². The van der Waals surface area contributed by atoms with Crippen LogP contribution in [0.1, 0.15) is 39.0 Å². The third-order valence-corrected chi connectivity index (χ3v) is 4.73. The number of hydrogen-bond donors (Lipinski definition) is 1. The average molecular weight is 236 g/mol. The zero-order valence-electron chi connectivity index (χ0n) is 10.3. The zero-order chi connectivity index (χ0) is 12.0. The summed E-state index contributed by atoms with van der Waals surface area (Å²) < 4.78 is 5.49. The maximum atomic E-state index is 11.6. The molecule has 1 N–H and O–H groups in total. The molecule has 0 radical (unpaired) electrons. The van der Waals surface area contributed by atoms with Crippen molar-refractivity contribution in [3.8, 4) is 0 Å². The summed E-state index contributed by atoms with van der Waals surface area (Å²) in [4.78, 5) is 11.6. The van der Waals surface area contributed by atoms with Crippen molar-refractivity contribution in [2.75, 3.05) is 0 Å². The second-order valence-corrected chi connectivity index (χ2v) is 6.07. The van der Waals surface area contributed by atoms with Crippen molar-refractivity contribution in [1.29, 1.82) is 0 Å². The van der Waals surface area contributed by atoms with E-state index in [4.69, 9.17) is 4.74 Å². The number of esters is 1. The normalized spacial score (nSPS) is 47.6. The third kappa shape index (κ3) is 1.81. The Hall–Kier alpha value is -0.830. The molecule has 4 rings (SSSR count). The van der Waals surface area contributed by atoms with E-state index in [2.05, 4.69) is 0 Å². The number of carbonyl (C=O) groups excluding carboxylic acids is 1. The monoisotopic (exact) mass is 236 g/mol. The molecule has 94 valence electrons. The predicted molar refractivity (Wildman–Crippen MR) is 63.2 cm³/mol. The Kier molecular flexibility index (Phi) is 2.54. The topological polar surface area (TPSA) is 46.5 Å². The van der Waals surface area contributed by atoms with Crippen molar-refractivity contribution in [1.82, 2.24) is 0 Å². The van der Waals surface area contributed by atoms with Gasteiger partial charge < -0.3 is 9.84 Å². The summed E-state index contributed by atoms with van der Waals surface area (Å²) in [6, 6.07) is 0. The first-order valence-corrected chi connectivity index (χ1v) is 6.66. The summed E-state index contributed by atoms with van der Waals surface area (Å²) >= 11 is 0. The van der Waals surface area contributed by atoms with Crippen LogP contribution in [-0.2, 0) is 9.53 Å². The van der Waals surface area contributed by atoms with Crippen molar-refractivity contribution < 1.29 is 14.6 Å². The van der Waals surface area contributed by atoms with E-state index in [-0.39, 0.29) is 12.1 Å². The highest BCUT2D eigenvalue weighted by atomic mass is 16.6. The Morgan fingerprint density at radius 1 is 1.29 bits per heavy atom. The van der Waals surface area contributed by atoms with Gasteiger partial charge in [-0.1, -0.05) is 6.08 Å².